The molecule has 0 heterocycles. The number of carbonyl (C=O) groups excluding carboxylic acids is 1. The second-order valence-electron chi connectivity index (χ2n) is 5.66. The van der Waals surface area contributed by atoms with Gasteiger partial charge in [0, 0.05) is 13.0 Å². The zero-order valence-electron chi connectivity index (χ0n) is 12.4. The van der Waals surface area contributed by atoms with Crippen LogP contribution in [0, 0.1) is 17.7 Å². The van der Waals surface area contributed by atoms with E-state index in [1.807, 2.05) is 0 Å². The summed E-state index contributed by atoms with van der Waals surface area (Å²) in [7, 11) is 0. The molecule has 1 rings (SSSR count). The maximum Gasteiger partial charge on any atom is 0.220 e. The molecule has 0 aliphatic rings. The fraction of sp³-hybridized carbons (Fsp3) is 0.562. The number of rotatable bonds is 8. The minimum Gasteiger partial charge on any atom is -0.356 e. The Bertz CT molecular complexity index is 403. The van der Waals surface area contributed by atoms with Gasteiger partial charge in [-0.25, -0.2) is 4.39 Å². The van der Waals surface area contributed by atoms with E-state index in [-0.39, 0.29) is 17.6 Å². The molecule has 1 aromatic rings. The second-order valence-corrected chi connectivity index (χ2v) is 5.66. The highest BCUT2D eigenvalue weighted by Crippen LogP contribution is 2.13. The molecule has 1 atom stereocenters. The van der Waals surface area contributed by atoms with E-state index in [9.17, 15) is 9.18 Å². The Morgan fingerprint density at radius 2 is 1.95 bits per heavy atom. The number of hydrogen-bond donors (Lipinski definition) is 2. The zero-order valence-corrected chi connectivity index (χ0v) is 12.4. The summed E-state index contributed by atoms with van der Waals surface area (Å²) in [5.74, 6) is 0.608. The van der Waals surface area contributed by atoms with E-state index in [0.717, 1.165) is 12.0 Å². The maximum absolute atomic E-state index is 12.7. The van der Waals surface area contributed by atoms with E-state index >= 15 is 0 Å². The summed E-state index contributed by atoms with van der Waals surface area (Å²) in [6, 6.07) is 6.35. The lowest BCUT2D eigenvalue weighted by Crippen LogP contribution is -2.30. The Hall–Kier alpha value is -1.42. The number of nitrogens with two attached hydrogens (primary N) is 1. The molecule has 3 N–H and O–H groups in total. The number of benzene rings is 1. The summed E-state index contributed by atoms with van der Waals surface area (Å²) in [6.07, 6.45) is 2.17. The number of hydrogen-bond acceptors (Lipinski definition) is 2. The van der Waals surface area contributed by atoms with Crippen LogP contribution < -0.4 is 11.1 Å². The Morgan fingerprint density at radius 1 is 1.30 bits per heavy atom. The van der Waals surface area contributed by atoms with Crippen LogP contribution in [-0.2, 0) is 11.2 Å². The second kappa shape index (κ2) is 8.69. The van der Waals surface area contributed by atoms with Crippen LogP contribution in [0.2, 0.25) is 0 Å². The molecule has 1 amide bonds. The van der Waals surface area contributed by atoms with Crippen molar-refractivity contribution in [3.05, 3.63) is 35.6 Å². The topological polar surface area (TPSA) is 55.1 Å². The van der Waals surface area contributed by atoms with E-state index in [0.29, 0.717) is 31.8 Å². The molecule has 3 nitrogen and oxygen atoms in total. The number of halogens is 1. The third kappa shape index (κ3) is 6.66. The average molecular weight is 280 g/mol. The van der Waals surface area contributed by atoms with Crippen LogP contribution in [-0.4, -0.2) is 19.0 Å². The molecule has 0 fully saturated rings. The lowest BCUT2D eigenvalue weighted by atomic mass is 9.94. The Morgan fingerprint density at radius 3 is 2.50 bits per heavy atom. The molecular formula is C16H25FN2O. The zero-order chi connectivity index (χ0) is 15.0. The van der Waals surface area contributed by atoms with Gasteiger partial charge in [-0.05, 0) is 48.9 Å². The van der Waals surface area contributed by atoms with Gasteiger partial charge < -0.3 is 11.1 Å². The summed E-state index contributed by atoms with van der Waals surface area (Å²) in [5, 5.41) is 2.90. The largest absolute Gasteiger partial charge is 0.356 e. The molecule has 0 aliphatic heterocycles. The SMILES string of the molecule is CC(C)CC(CN)CC(=O)NCCc1ccc(F)cc1. The van der Waals surface area contributed by atoms with Gasteiger partial charge in [-0.3, -0.25) is 4.79 Å². The van der Waals surface area contributed by atoms with Crippen molar-refractivity contribution in [1.29, 1.82) is 0 Å². The molecule has 0 bridgehead atoms. The highest BCUT2D eigenvalue weighted by molar-refractivity contribution is 5.76. The average Bonchev–Trinajstić information content (AvgIpc) is 2.39. The first-order chi connectivity index (χ1) is 9.51. The first-order valence-electron chi connectivity index (χ1n) is 7.22. The van der Waals surface area contributed by atoms with Gasteiger partial charge in [0.15, 0.2) is 0 Å². The summed E-state index contributed by atoms with van der Waals surface area (Å²) in [6.45, 7) is 5.39. The molecule has 4 heteroatoms. The van der Waals surface area contributed by atoms with Crippen molar-refractivity contribution in [3.8, 4) is 0 Å². The van der Waals surface area contributed by atoms with Crippen molar-refractivity contribution >= 4 is 5.91 Å². The molecule has 20 heavy (non-hydrogen) atoms. The molecule has 0 saturated carbocycles. The van der Waals surface area contributed by atoms with Crippen LogP contribution in [0.3, 0.4) is 0 Å². The van der Waals surface area contributed by atoms with E-state index in [2.05, 4.69) is 19.2 Å². The van der Waals surface area contributed by atoms with Crippen molar-refractivity contribution in [2.75, 3.05) is 13.1 Å². The maximum atomic E-state index is 12.7. The van der Waals surface area contributed by atoms with Gasteiger partial charge >= 0.3 is 0 Å². The predicted octanol–water partition coefficient (Wildman–Crippen LogP) is 2.50. The third-order valence-electron chi connectivity index (χ3n) is 3.26. The Balaban J connectivity index is 2.27. The molecule has 0 radical (unpaired) electrons. The lowest BCUT2D eigenvalue weighted by Gasteiger charge is -2.16. The van der Waals surface area contributed by atoms with Gasteiger partial charge in [0.2, 0.25) is 5.91 Å². The Labute approximate surface area is 120 Å². The van der Waals surface area contributed by atoms with Gasteiger partial charge in [0.05, 0.1) is 0 Å². The van der Waals surface area contributed by atoms with Gasteiger partial charge in [-0.15, -0.1) is 0 Å². The van der Waals surface area contributed by atoms with Gasteiger partial charge in [-0.2, -0.15) is 0 Å². The minimum absolute atomic E-state index is 0.0446. The van der Waals surface area contributed by atoms with Crippen molar-refractivity contribution < 1.29 is 9.18 Å². The quantitative estimate of drug-likeness (QED) is 0.768. The molecule has 0 saturated heterocycles. The summed E-state index contributed by atoms with van der Waals surface area (Å²) >= 11 is 0. The van der Waals surface area contributed by atoms with Crippen molar-refractivity contribution in [3.63, 3.8) is 0 Å². The van der Waals surface area contributed by atoms with E-state index in [1.165, 1.54) is 12.1 Å². The van der Waals surface area contributed by atoms with E-state index in [1.54, 1.807) is 12.1 Å². The summed E-state index contributed by atoms with van der Waals surface area (Å²) in [5.41, 5.74) is 6.71. The van der Waals surface area contributed by atoms with E-state index in [4.69, 9.17) is 5.73 Å². The van der Waals surface area contributed by atoms with Crippen molar-refractivity contribution in [1.82, 2.24) is 5.32 Å². The standard InChI is InChI=1S/C16H25FN2O/c1-12(2)9-14(11-18)10-16(20)19-8-7-13-3-5-15(17)6-4-13/h3-6,12,14H,7-11,18H2,1-2H3,(H,19,20). The van der Waals surface area contributed by atoms with Crippen LogP contribution in [0.4, 0.5) is 4.39 Å². The number of nitrogens with one attached hydrogen (secondary N) is 1. The fourth-order valence-electron chi connectivity index (χ4n) is 2.26. The molecular weight excluding hydrogens is 255 g/mol. The van der Waals surface area contributed by atoms with Crippen molar-refractivity contribution in [2.24, 2.45) is 17.6 Å². The number of carbonyl (C=O) groups is 1. The van der Waals surface area contributed by atoms with Crippen LogP contribution in [0.5, 0.6) is 0 Å². The molecule has 1 unspecified atom stereocenters. The predicted molar refractivity (Wildman–Crippen MR) is 79.7 cm³/mol. The molecule has 112 valence electrons. The first kappa shape index (κ1) is 16.6. The van der Waals surface area contributed by atoms with Crippen LogP contribution in [0.1, 0.15) is 32.3 Å². The number of amides is 1. The van der Waals surface area contributed by atoms with Gasteiger partial charge in [-0.1, -0.05) is 26.0 Å². The molecule has 0 aliphatic carbocycles. The van der Waals surface area contributed by atoms with Crippen molar-refractivity contribution in [2.45, 2.75) is 33.1 Å². The highest BCUT2D eigenvalue weighted by atomic mass is 19.1. The first-order valence-corrected chi connectivity index (χ1v) is 7.22. The van der Waals surface area contributed by atoms with Gasteiger partial charge in [0.1, 0.15) is 5.82 Å². The van der Waals surface area contributed by atoms with Crippen LogP contribution >= 0.6 is 0 Å². The third-order valence-corrected chi connectivity index (χ3v) is 3.26. The normalized spacial score (nSPS) is 12.4. The summed E-state index contributed by atoms with van der Waals surface area (Å²) in [4.78, 5) is 11.8. The highest BCUT2D eigenvalue weighted by Gasteiger charge is 2.13. The monoisotopic (exact) mass is 280 g/mol. The molecule has 0 spiro atoms. The minimum atomic E-state index is -0.239. The molecule has 1 aromatic carbocycles. The lowest BCUT2D eigenvalue weighted by molar-refractivity contribution is -0.122. The van der Waals surface area contributed by atoms with Crippen LogP contribution in [0.25, 0.3) is 0 Å². The Kier molecular flexibility index (Phi) is 7.23. The smallest absolute Gasteiger partial charge is 0.220 e. The fourth-order valence-corrected chi connectivity index (χ4v) is 2.26. The van der Waals surface area contributed by atoms with Gasteiger partial charge in [0.25, 0.3) is 0 Å². The molecule has 0 aromatic heterocycles. The summed E-state index contributed by atoms with van der Waals surface area (Å²) < 4.78 is 12.7. The van der Waals surface area contributed by atoms with Crippen LogP contribution in [0.15, 0.2) is 24.3 Å². The van der Waals surface area contributed by atoms with E-state index < -0.39 is 0 Å².